The van der Waals surface area contributed by atoms with Crippen LogP contribution in [0.3, 0.4) is 0 Å². The van der Waals surface area contributed by atoms with E-state index in [-0.39, 0.29) is 5.91 Å². The highest BCUT2D eigenvalue weighted by molar-refractivity contribution is 9.10. The van der Waals surface area contributed by atoms with Crippen LogP contribution in [0.4, 0.5) is 0 Å². The smallest absolute Gasteiger partial charge is 0.280 e. The standard InChI is InChI=1S/C23H20BrClN2O3/c1-16(30-22-10-4-8-20(25)13-22)23(28)27-26-14-17-5-3-9-21(12-17)29-15-18-6-2-7-19(24)11-18/h2-14,16H,15H2,1H3,(H,27,28). The predicted molar refractivity (Wildman–Crippen MR) is 122 cm³/mol. The number of carbonyl (C=O) groups excluding carboxylic acids is 1. The summed E-state index contributed by atoms with van der Waals surface area (Å²) in [4.78, 5) is 12.2. The third kappa shape index (κ3) is 6.90. The van der Waals surface area contributed by atoms with E-state index in [1.165, 1.54) is 0 Å². The predicted octanol–water partition coefficient (Wildman–Crippen LogP) is 5.60. The molecule has 0 aliphatic heterocycles. The molecule has 3 rings (SSSR count). The molecule has 0 aliphatic rings. The molecule has 1 unspecified atom stereocenters. The molecule has 1 atom stereocenters. The Morgan fingerprint density at radius 2 is 1.87 bits per heavy atom. The normalized spacial score (nSPS) is 11.8. The third-order valence-corrected chi connectivity index (χ3v) is 4.75. The van der Waals surface area contributed by atoms with Crippen LogP contribution in [0.2, 0.25) is 5.02 Å². The van der Waals surface area contributed by atoms with E-state index in [0.717, 1.165) is 15.6 Å². The number of amides is 1. The van der Waals surface area contributed by atoms with Gasteiger partial charge in [-0.25, -0.2) is 5.43 Å². The molecule has 0 fully saturated rings. The van der Waals surface area contributed by atoms with Gasteiger partial charge in [-0.15, -0.1) is 0 Å². The Morgan fingerprint density at radius 3 is 2.67 bits per heavy atom. The lowest BCUT2D eigenvalue weighted by Crippen LogP contribution is -2.33. The highest BCUT2D eigenvalue weighted by Gasteiger charge is 2.13. The number of rotatable bonds is 8. The Labute approximate surface area is 188 Å². The Kier molecular flexibility index (Phi) is 7.88. The molecule has 0 saturated carbocycles. The van der Waals surface area contributed by atoms with Crippen molar-refractivity contribution in [2.24, 2.45) is 5.10 Å². The van der Waals surface area contributed by atoms with Crippen LogP contribution in [0.5, 0.6) is 11.5 Å². The number of hydrazone groups is 1. The van der Waals surface area contributed by atoms with Gasteiger partial charge in [0.05, 0.1) is 6.21 Å². The van der Waals surface area contributed by atoms with Gasteiger partial charge in [0.25, 0.3) is 5.91 Å². The lowest BCUT2D eigenvalue weighted by molar-refractivity contribution is -0.127. The minimum absolute atomic E-state index is 0.367. The molecule has 3 aromatic rings. The zero-order chi connectivity index (χ0) is 21.3. The van der Waals surface area contributed by atoms with Gasteiger partial charge in [0, 0.05) is 9.50 Å². The van der Waals surface area contributed by atoms with Gasteiger partial charge in [0.2, 0.25) is 0 Å². The van der Waals surface area contributed by atoms with E-state index >= 15 is 0 Å². The van der Waals surface area contributed by atoms with Crippen LogP contribution >= 0.6 is 27.5 Å². The first-order chi connectivity index (χ1) is 14.5. The third-order valence-electron chi connectivity index (χ3n) is 4.02. The minimum atomic E-state index is -0.722. The number of nitrogens with zero attached hydrogens (tertiary/aromatic N) is 1. The van der Waals surface area contributed by atoms with E-state index < -0.39 is 6.10 Å². The van der Waals surface area contributed by atoms with Gasteiger partial charge < -0.3 is 9.47 Å². The van der Waals surface area contributed by atoms with Crippen LogP contribution in [0.15, 0.2) is 82.4 Å². The van der Waals surface area contributed by atoms with Crippen LogP contribution in [0, 0.1) is 0 Å². The largest absolute Gasteiger partial charge is 0.489 e. The lowest BCUT2D eigenvalue weighted by Gasteiger charge is -2.13. The molecular formula is C23H20BrClN2O3. The molecule has 0 bridgehead atoms. The van der Waals surface area contributed by atoms with Gasteiger partial charge >= 0.3 is 0 Å². The van der Waals surface area contributed by atoms with Crippen LogP contribution < -0.4 is 14.9 Å². The van der Waals surface area contributed by atoms with E-state index in [0.29, 0.717) is 23.1 Å². The molecule has 0 heterocycles. The molecular weight excluding hydrogens is 468 g/mol. The molecule has 0 saturated heterocycles. The molecule has 0 spiro atoms. The van der Waals surface area contributed by atoms with Crippen LogP contribution in [-0.2, 0) is 11.4 Å². The first-order valence-corrected chi connectivity index (χ1v) is 10.4. The summed E-state index contributed by atoms with van der Waals surface area (Å²) < 4.78 is 12.4. The summed E-state index contributed by atoms with van der Waals surface area (Å²) in [6.45, 7) is 2.09. The fraction of sp³-hybridized carbons (Fsp3) is 0.130. The summed E-state index contributed by atoms with van der Waals surface area (Å²) >= 11 is 9.37. The maximum absolute atomic E-state index is 12.2. The van der Waals surface area contributed by atoms with E-state index in [9.17, 15) is 4.79 Å². The second-order valence-electron chi connectivity index (χ2n) is 6.44. The zero-order valence-corrected chi connectivity index (χ0v) is 18.6. The quantitative estimate of drug-likeness (QED) is 0.332. The van der Waals surface area contributed by atoms with E-state index in [4.69, 9.17) is 21.1 Å². The average molecular weight is 488 g/mol. The Bertz CT molecular complexity index is 1040. The number of hydrogen-bond donors (Lipinski definition) is 1. The van der Waals surface area contributed by atoms with Crippen molar-refractivity contribution in [3.63, 3.8) is 0 Å². The van der Waals surface area contributed by atoms with Crippen LogP contribution in [-0.4, -0.2) is 18.2 Å². The van der Waals surface area contributed by atoms with Crippen molar-refractivity contribution < 1.29 is 14.3 Å². The highest BCUT2D eigenvalue weighted by Crippen LogP contribution is 2.19. The molecule has 0 aromatic heterocycles. The molecule has 5 nitrogen and oxygen atoms in total. The zero-order valence-electron chi connectivity index (χ0n) is 16.2. The molecule has 1 amide bonds. The Hall–Kier alpha value is -2.83. The van der Waals surface area contributed by atoms with Gasteiger partial charge in [0.1, 0.15) is 18.1 Å². The van der Waals surface area contributed by atoms with Crippen molar-refractivity contribution in [1.29, 1.82) is 0 Å². The first-order valence-electron chi connectivity index (χ1n) is 9.22. The molecule has 0 aliphatic carbocycles. The highest BCUT2D eigenvalue weighted by atomic mass is 79.9. The van der Waals surface area contributed by atoms with E-state index in [1.54, 1.807) is 37.4 Å². The summed E-state index contributed by atoms with van der Waals surface area (Å²) in [5, 5.41) is 4.54. The topological polar surface area (TPSA) is 59.9 Å². The minimum Gasteiger partial charge on any atom is -0.489 e. The molecule has 0 radical (unpaired) electrons. The average Bonchev–Trinajstić information content (AvgIpc) is 2.72. The van der Waals surface area contributed by atoms with Crippen molar-refractivity contribution in [2.75, 3.05) is 0 Å². The molecule has 1 N–H and O–H groups in total. The second kappa shape index (κ2) is 10.8. The molecule has 7 heteroatoms. The summed E-state index contributed by atoms with van der Waals surface area (Å²) in [6.07, 6.45) is 0.830. The van der Waals surface area contributed by atoms with Crippen molar-refractivity contribution >= 4 is 39.7 Å². The molecule has 30 heavy (non-hydrogen) atoms. The van der Waals surface area contributed by atoms with Gasteiger partial charge in [0.15, 0.2) is 6.10 Å². The van der Waals surface area contributed by atoms with E-state index in [1.807, 2.05) is 48.5 Å². The maximum atomic E-state index is 12.2. The number of nitrogens with one attached hydrogen (secondary N) is 1. The van der Waals surface area contributed by atoms with E-state index in [2.05, 4.69) is 26.5 Å². The van der Waals surface area contributed by atoms with Gasteiger partial charge in [-0.3, -0.25) is 4.79 Å². The van der Waals surface area contributed by atoms with Gasteiger partial charge in [-0.05, 0) is 60.5 Å². The summed E-state index contributed by atoms with van der Waals surface area (Å²) in [5.74, 6) is 0.862. The van der Waals surface area contributed by atoms with Gasteiger partial charge in [-0.2, -0.15) is 5.10 Å². The van der Waals surface area contributed by atoms with Crippen molar-refractivity contribution in [1.82, 2.24) is 5.43 Å². The second-order valence-corrected chi connectivity index (χ2v) is 7.79. The molecule has 3 aromatic carbocycles. The number of benzene rings is 3. The van der Waals surface area contributed by atoms with Crippen molar-refractivity contribution in [3.05, 3.63) is 93.4 Å². The number of halogens is 2. The lowest BCUT2D eigenvalue weighted by atomic mass is 10.2. The van der Waals surface area contributed by atoms with Crippen LogP contribution in [0.1, 0.15) is 18.1 Å². The fourth-order valence-electron chi connectivity index (χ4n) is 2.54. The Morgan fingerprint density at radius 1 is 1.10 bits per heavy atom. The van der Waals surface area contributed by atoms with Gasteiger partial charge in [-0.1, -0.05) is 57.9 Å². The first kappa shape index (κ1) is 21.9. The summed E-state index contributed by atoms with van der Waals surface area (Å²) in [6, 6.07) is 22.3. The summed E-state index contributed by atoms with van der Waals surface area (Å²) in [7, 11) is 0. The Balaban J connectivity index is 1.51. The number of hydrogen-bond acceptors (Lipinski definition) is 4. The van der Waals surface area contributed by atoms with Crippen molar-refractivity contribution in [2.45, 2.75) is 19.6 Å². The SMILES string of the molecule is CC(Oc1cccc(Cl)c1)C(=O)NN=Cc1cccc(OCc2cccc(Br)c2)c1. The number of ether oxygens (including phenoxy) is 2. The van der Waals surface area contributed by atoms with Crippen LogP contribution in [0.25, 0.3) is 0 Å². The monoisotopic (exact) mass is 486 g/mol. The molecule has 154 valence electrons. The number of carbonyl (C=O) groups is 1. The van der Waals surface area contributed by atoms with Crippen molar-refractivity contribution in [3.8, 4) is 11.5 Å². The summed E-state index contributed by atoms with van der Waals surface area (Å²) in [5.41, 5.74) is 4.33. The maximum Gasteiger partial charge on any atom is 0.280 e. The fourth-order valence-corrected chi connectivity index (χ4v) is 3.16.